The molecule has 3 amide bonds. The van der Waals surface area contributed by atoms with Crippen molar-refractivity contribution in [2.45, 2.75) is 296 Å². The fourth-order valence-electron chi connectivity index (χ4n) is 8.72. The number of carboxylic acids is 1. The van der Waals surface area contributed by atoms with Crippen LogP contribution in [0.5, 0.6) is 0 Å². The number of carbonyl (C=O) groups excluding carboxylic acids is 3. The van der Waals surface area contributed by atoms with Gasteiger partial charge in [-0.15, -0.1) is 17.5 Å². The van der Waals surface area contributed by atoms with Crippen LogP contribution in [0.3, 0.4) is 0 Å². The molecular formula is C56H118B4N4O9P4Si2. The SMILES string of the molecule is [2H][Si]([B])(OC[C@@H](CN)NC(=O)CCCCCCCCCCCCC)P[3H].[2H][Si]([B])(OC[C@@H](CNC(=O)C[C@@H](CCCCCCC)OP([B])C)NC(=O)CCCCCCCCCCCCC)P[3H].[B]P(C)O[C@H](CCCCCCC)CC(=O)O. The molecule has 0 bridgehead atoms. The Morgan fingerprint density at radius 3 is 1.19 bits per heavy atom. The van der Waals surface area contributed by atoms with Gasteiger partial charge in [0.25, 0.3) is 0 Å². The van der Waals surface area contributed by atoms with Crippen LogP contribution < -0.4 is 21.7 Å². The van der Waals surface area contributed by atoms with Crippen LogP contribution in [0.15, 0.2) is 0 Å². The Bertz CT molecular complexity index is 1520. The zero-order valence-corrected chi connectivity index (χ0v) is 56.8. The van der Waals surface area contributed by atoms with Gasteiger partial charge >= 0.3 is 5.97 Å². The van der Waals surface area contributed by atoms with Gasteiger partial charge in [-0.1, -0.05) is 220 Å². The molecule has 0 rings (SSSR count). The molecule has 23 heteroatoms. The molecule has 0 spiro atoms. The van der Waals surface area contributed by atoms with Crippen molar-refractivity contribution in [2.24, 2.45) is 5.73 Å². The molecule has 0 aliphatic heterocycles. The maximum Gasteiger partial charge on any atom is 0.305 e. The summed E-state index contributed by atoms with van der Waals surface area (Å²) in [7, 11) is 13.4. The van der Waals surface area contributed by atoms with Gasteiger partial charge in [-0.05, 0) is 55.1 Å². The molecule has 0 aromatic rings. The molecule has 13 nitrogen and oxygen atoms in total. The minimum atomic E-state index is -3.33. The van der Waals surface area contributed by atoms with Crippen molar-refractivity contribution in [1.29, 1.82) is 5.03 Å². The molecule has 8 radical (unpaired) electrons. The van der Waals surface area contributed by atoms with Crippen LogP contribution in [-0.2, 0) is 37.1 Å². The van der Waals surface area contributed by atoms with Crippen LogP contribution in [0.1, 0.15) is 272 Å². The van der Waals surface area contributed by atoms with Crippen molar-refractivity contribution in [3.05, 3.63) is 0 Å². The Kier molecular flexibility index (Phi) is 61.0. The number of nitrogens with two attached hydrogens (primary N) is 1. The third-order valence-electron chi connectivity index (χ3n) is 13.2. The van der Waals surface area contributed by atoms with Crippen molar-refractivity contribution in [3.63, 3.8) is 0 Å². The van der Waals surface area contributed by atoms with Crippen molar-refractivity contribution in [1.82, 2.24) is 16.0 Å². The molecule has 0 fully saturated rings. The van der Waals surface area contributed by atoms with Gasteiger partial charge in [0.2, 0.25) is 17.7 Å². The average Bonchev–Trinajstić information content (AvgIpc) is 3.43. The van der Waals surface area contributed by atoms with E-state index in [-0.39, 0.29) is 75.1 Å². The minimum Gasteiger partial charge on any atom is -0.481 e. The van der Waals surface area contributed by atoms with Gasteiger partial charge in [-0.2, -0.15) is 0 Å². The second-order valence-corrected chi connectivity index (χ2v) is 28.8. The molecule has 10 atom stereocenters. The second-order valence-electron chi connectivity index (χ2n) is 21.2. The first-order valence-electron chi connectivity index (χ1n) is 32.9. The van der Waals surface area contributed by atoms with E-state index in [2.05, 4.69) is 43.6 Å². The molecular weight excluding hydrogens is 1100 g/mol. The fraction of sp³-hybridized carbons (Fsp3) is 0.929. The highest BCUT2D eigenvalue weighted by Crippen LogP contribution is 2.31. The van der Waals surface area contributed by atoms with Gasteiger partial charge < -0.3 is 44.7 Å². The number of hydrogen-bond donors (Lipinski definition) is 5. The van der Waals surface area contributed by atoms with Gasteiger partial charge in [-0.25, -0.2) is 0 Å². The highest BCUT2D eigenvalue weighted by Gasteiger charge is 2.20. The lowest BCUT2D eigenvalue weighted by atomic mass is 10.1. The predicted molar refractivity (Wildman–Crippen MR) is 356 cm³/mol. The first-order chi connectivity index (χ1) is 39.6. The van der Waals surface area contributed by atoms with E-state index in [1.807, 2.05) is 6.66 Å². The molecule has 79 heavy (non-hydrogen) atoms. The Labute approximate surface area is 506 Å². The van der Waals surface area contributed by atoms with Crippen LogP contribution in [0.25, 0.3) is 0 Å². The summed E-state index contributed by atoms with van der Waals surface area (Å²) in [6, 6.07) is -0.838. The molecule has 0 aromatic heterocycles. The molecule has 456 valence electrons. The number of amides is 3. The van der Waals surface area contributed by atoms with Gasteiger partial charge in [0.05, 0.1) is 67.8 Å². The predicted octanol–water partition coefficient (Wildman–Crippen LogP) is 12.5. The van der Waals surface area contributed by atoms with E-state index in [1.165, 1.54) is 148 Å². The fourth-order valence-corrected chi connectivity index (χ4v) is 11.3. The molecule has 0 saturated carbocycles. The quantitative estimate of drug-likeness (QED) is 0.0223. The number of aliphatic carboxylic acids is 1. The van der Waals surface area contributed by atoms with Gasteiger partial charge in [0.15, 0.2) is 0 Å². The van der Waals surface area contributed by atoms with E-state index in [1.54, 1.807) is 6.66 Å². The van der Waals surface area contributed by atoms with Crippen LogP contribution >= 0.6 is 33.5 Å². The third kappa shape index (κ3) is 68.8. The molecule has 0 aliphatic carbocycles. The summed E-state index contributed by atoms with van der Waals surface area (Å²) in [6.45, 7) is 13.0. The van der Waals surface area contributed by atoms with Crippen molar-refractivity contribution >= 4 is 104 Å². The van der Waals surface area contributed by atoms with Crippen molar-refractivity contribution in [2.75, 3.05) is 39.6 Å². The largest absolute Gasteiger partial charge is 0.481 e. The van der Waals surface area contributed by atoms with Crippen LogP contribution in [0.4, 0.5) is 0 Å². The summed E-state index contributed by atoms with van der Waals surface area (Å²) in [5.41, 5.74) is 5.63. The molecule has 0 aliphatic rings. The van der Waals surface area contributed by atoms with Crippen molar-refractivity contribution in [3.8, 4) is 0 Å². The van der Waals surface area contributed by atoms with E-state index in [0.717, 1.165) is 70.6 Å². The molecule has 6 unspecified atom stereocenters. The molecule has 0 saturated heterocycles. The summed E-state index contributed by atoms with van der Waals surface area (Å²) in [5, 5.41) is 17.4. The van der Waals surface area contributed by atoms with E-state index >= 15 is 0 Å². The zero-order chi connectivity index (χ0) is 62.8. The summed E-state index contributed by atoms with van der Waals surface area (Å²) in [6.07, 6.45) is 41.1. The Balaban J connectivity index is -0.00000129. The number of carbonyl (C=O) groups is 4. The summed E-state index contributed by atoms with van der Waals surface area (Å²) >= 11 is 0. The second kappa shape index (κ2) is 64.1. The van der Waals surface area contributed by atoms with E-state index in [9.17, 15) is 19.2 Å². The minimum absolute atomic E-state index is 0.00277. The Hall–Kier alpha value is 0.0935. The monoisotopic (exact) mass is 1220 g/mol. The lowest BCUT2D eigenvalue weighted by Crippen LogP contribution is -2.47. The van der Waals surface area contributed by atoms with Crippen LogP contribution in [-0.4, -0.2) is 145 Å². The number of carboxylic acid groups (broad SMARTS) is 1. The summed E-state index contributed by atoms with van der Waals surface area (Å²) in [4.78, 5) is 47.9. The molecule has 0 heterocycles. The van der Waals surface area contributed by atoms with Crippen LogP contribution in [0.2, 0.25) is 0 Å². The smallest absolute Gasteiger partial charge is 0.305 e. The number of hydrogen-bond acceptors (Lipinski definition) is 9. The van der Waals surface area contributed by atoms with Crippen molar-refractivity contribution < 1.29 is 42.2 Å². The first kappa shape index (κ1) is 75.2. The Morgan fingerprint density at radius 1 is 0.544 bits per heavy atom. The van der Waals surface area contributed by atoms with E-state index < -0.39 is 62.6 Å². The number of rotatable bonds is 57. The maximum atomic E-state index is 12.7. The average molecular weight is 1220 g/mol. The lowest BCUT2D eigenvalue weighted by Gasteiger charge is -2.23. The standard InChI is InChI=1S/C28H58B2N2O4P2Si.C17H38BN2O2PSi.C11H22BO3P/c1-4-6-8-10-11-12-13-14-15-17-19-21-27(33)32-25(24-35-39(30)37)23-31-28(34)22-26(36-38(3)29)20-18-16-9-7-5-2;1-2-3-4-5-6-7-8-9-10-11-12-13-17(21)20-16(14-19)15-22-24(18)23;1-3-4-5-6-7-8-10(9-11(13)14)15-16(2)12/h25-26,39H,4-24,37H2,1-3H3,(H,31,34)(H,32,33);16,24H,2-15,19,23H2,1H3,(H,20,21);10H,3-9H2,1-2H3,(H,13,14)/t25-,26-,38?,39?;16-,24?;10-,16?/m111/s1/i37T,39D;23T,24D;/t25-,26-,37?,38?,39?;16-,23?,24?;. The molecule has 6 N–H and O–H groups in total. The first-order valence-corrected chi connectivity index (χ1v) is 40.5. The topological polar surface area (TPSA) is 188 Å². The molecule has 0 aromatic carbocycles. The Morgan fingerprint density at radius 2 is 0.861 bits per heavy atom. The number of unbranched alkanes of at least 4 members (excludes halogenated alkanes) is 28. The maximum absolute atomic E-state index is 12.7. The van der Waals surface area contributed by atoms with Gasteiger partial charge in [0, 0.05) is 28.4 Å². The zero-order valence-electron chi connectivity index (χ0n) is 55.0. The normalized spacial score (nSPS) is 16.0. The van der Waals surface area contributed by atoms with Gasteiger partial charge in [-0.3, -0.25) is 19.2 Å². The third-order valence-corrected chi connectivity index (χ3v) is 16.2. The van der Waals surface area contributed by atoms with E-state index in [0.29, 0.717) is 12.8 Å². The summed E-state index contributed by atoms with van der Waals surface area (Å²) in [5.74, 6) is -1.10. The number of nitrogens with one attached hydrogen (secondary N) is 3. The lowest BCUT2D eigenvalue weighted by molar-refractivity contribution is -0.138. The van der Waals surface area contributed by atoms with Crippen LogP contribution in [0, 0.1) is 0 Å². The highest BCUT2D eigenvalue weighted by molar-refractivity contribution is 7.77. The summed E-state index contributed by atoms with van der Waals surface area (Å²) < 4.78 is 52.3. The van der Waals surface area contributed by atoms with Gasteiger partial charge in [0.1, 0.15) is 32.2 Å². The highest BCUT2D eigenvalue weighted by atomic mass is 31.3. The van der Waals surface area contributed by atoms with E-state index in [4.69, 9.17) is 63.8 Å².